The number of fused-ring (bicyclic) bond motifs is 1. The zero-order valence-corrected chi connectivity index (χ0v) is 15.4. The molecule has 146 valence electrons. The summed E-state index contributed by atoms with van der Waals surface area (Å²) in [6.45, 7) is 0. The van der Waals surface area contributed by atoms with E-state index in [0.717, 1.165) is 22.3 Å². The first-order chi connectivity index (χ1) is 13.8. The summed E-state index contributed by atoms with van der Waals surface area (Å²) in [5.74, 6) is -0.566. The molecule has 0 aliphatic carbocycles. The van der Waals surface area contributed by atoms with Crippen LogP contribution in [0.2, 0.25) is 0 Å². The molecule has 3 aromatic rings. The Morgan fingerprint density at radius 1 is 1.14 bits per heavy atom. The standard InChI is InChI=1S/C20H12F3N3O2S/c21-20(22,23)12-4-3-5-13(9-12)26-18(28)15(17(27)25-19(26)29)8-11-10-24-16-7-2-1-6-14(11)16/h1-10,28H,(H,25,27,29). The number of benzene rings is 2. The van der Waals surface area contributed by atoms with E-state index >= 15 is 0 Å². The number of nitrogens with one attached hydrogen (secondary N) is 1. The van der Waals surface area contributed by atoms with Crippen molar-refractivity contribution in [3.05, 3.63) is 80.3 Å². The van der Waals surface area contributed by atoms with Gasteiger partial charge in [0.15, 0.2) is 4.77 Å². The summed E-state index contributed by atoms with van der Waals surface area (Å²) < 4.78 is 39.9. The lowest BCUT2D eigenvalue weighted by Gasteiger charge is -2.14. The second-order valence-electron chi connectivity index (χ2n) is 6.26. The molecule has 4 rings (SSSR count). The SMILES string of the molecule is O=c1[nH]c(=S)n(-c2cccc(C(F)(F)F)c2)c(O)c1C=C1C=Nc2ccccc21. The first kappa shape index (κ1) is 18.9. The zero-order valence-electron chi connectivity index (χ0n) is 14.6. The number of H-pyrrole nitrogens is 1. The molecule has 9 heteroatoms. The van der Waals surface area contributed by atoms with Crippen molar-refractivity contribution in [2.75, 3.05) is 0 Å². The molecule has 0 saturated heterocycles. The number of nitrogens with zero attached hydrogens (tertiary/aromatic N) is 2. The molecule has 29 heavy (non-hydrogen) atoms. The van der Waals surface area contributed by atoms with Gasteiger partial charge in [-0.25, -0.2) is 0 Å². The summed E-state index contributed by atoms with van der Waals surface area (Å²) in [7, 11) is 0. The average molecular weight is 415 g/mol. The van der Waals surface area contributed by atoms with Crippen molar-refractivity contribution in [3.63, 3.8) is 0 Å². The van der Waals surface area contributed by atoms with E-state index in [9.17, 15) is 23.1 Å². The maximum Gasteiger partial charge on any atom is 0.416 e. The van der Waals surface area contributed by atoms with Crippen LogP contribution >= 0.6 is 12.2 Å². The van der Waals surface area contributed by atoms with Crippen molar-refractivity contribution in [1.29, 1.82) is 0 Å². The van der Waals surface area contributed by atoms with Crippen molar-refractivity contribution >= 4 is 35.8 Å². The maximum absolute atomic E-state index is 13.1. The Morgan fingerprint density at radius 2 is 1.90 bits per heavy atom. The fraction of sp³-hybridized carbons (Fsp3) is 0.0500. The lowest BCUT2D eigenvalue weighted by molar-refractivity contribution is -0.137. The Hall–Kier alpha value is -3.46. The van der Waals surface area contributed by atoms with E-state index in [1.165, 1.54) is 18.2 Å². The topological polar surface area (TPSA) is 70.4 Å². The van der Waals surface area contributed by atoms with Gasteiger partial charge in [0.1, 0.15) is 5.56 Å². The van der Waals surface area contributed by atoms with E-state index in [1.807, 2.05) is 12.1 Å². The fourth-order valence-electron chi connectivity index (χ4n) is 3.04. The quantitative estimate of drug-likeness (QED) is 0.587. The largest absolute Gasteiger partial charge is 0.494 e. The molecule has 0 saturated carbocycles. The second-order valence-corrected chi connectivity index (χ2v) is 6.64. The third-order valence-electron chi connectivity index (χ3n) is 4.41. The Bertz CT molecular complexity index is 1300. The van der Waals surface area contributed by atoms with E-state index in [4.69, 9.17) is 12.2 Å². The summed E-state index contributed by atoms with van der Waals surface area (Å²) in [5.41, 5.74) is 0.307. The third-order valence-corrected chi connectivity index (χ3v) is 4.69. The van der Waals surface area contributed by atoms with Gasteiger partial charge in [0.25, 0.3) is 5.56 Å². The molecule has 0 unspecified atom stereocenters. The Kier molecular flexibility index (Phi) is 4.46. The molecule has 0 radical (unpaired) electrons. The zero-order chi connectivity index (χ0) is 20.8. The van der Waals surface area contributed by atoms with E-state index in [2.05, 4.69) is 9.98 Å². The van der Waals surface area contributed by atoms with Crippen LogP contribution in [-0.4, -0.2) is 20.9 Å². The second kappa shape index (κ2) is 6.85. The van der Waals surface area contributed by atoms with Crippen molar-refractivity contribution in [2.24, 2.45) is 4.99 Å². The molecule has 1 aromatic heterocycles. The maximum atomic E-state index is 13.1. The number of aromatic nitrogens is 2. The van der Waals surface area contributed by atoms with Crippen LogP contribution in [0.4, 0.5) is 18.9 Å². The number of aromatic amines is 1. The average Bonchev–Trinajstić information content (AvgIpc) is 3.07. The fourth-order valence-corrected chi connectivity index (χ4v) is 3.32. The molecular formula is C20H12F3N3O2S. The van der Waals surface area contributed by atoms with Crippen molar-refractivity contribution in [1.82, 2.24) is 9.55 Å². The van der Waals surface area contributed by atoms with Gasteiger partial charge in [-0.1, -0.05) is 24.3 Å². The molecule has 0 amide bonds. The van der Waals surface area contributed by atoms with Gasteiger partial charge in [0, 0.05) is 17.4 Å². The number of para-hydroxylation sites is 1. The van der Waals surface area contributed by atoms with Crippen molar-refractivity contribution in [2.45, 2.75) is 6.18 Å². The normalized spacial score (nSPS) is 14.4. The van der Waals surface area contributed by atoms with Crippen molar-refractivity contribution in [3.8, 4) is 11.6 Å². The molecule has 0 atom stereocenters. The molecule has 1 aliphatic heterocycles. The van der Waals surface area contributed by atoms with Crippen LogP contribution in [0.15, 0.2) is 58.3 Å². The number of aromatic hydroxyl groups is 1. The summed E-state index contributed by atoms with van der Waals surface area (Å²) in [4.78, 5) is 19.0. The van der Waals surface area contributed by atoms with Crippen LogP contribution in [0.5, 0.6) is 5.88 Å². The monoisotopic (exact) mass is 415 g/mol. The number of aliphatic imine (C=N–C) groups is 1. The highest BCUT2D eigenvalue weighted by Crippen LogP contribution is 2.34. The first-order valence-electron chi connectivity index (χ1n) is 8.37. The molecule has 2 heterocycles. The number of allylic oxidation sites excluding steroid dienone is 1. The van der Waals surface area contributed by atoms with Crippen LogP contribution in [0, 0.1) is 4.77 Å². The van der Waals surface area contributed by atoms with Crippen LogP contribution in [-0.2, 0) is 6.18 Å². The molecule has 2 N–H and O–H groups in total. The summed E-state index contributed by atoms with van der Waals surface area (Å²) in [5, 5.41) is 10.7. The van der Waals surface area contributed by atoms with E-state index < -0.39 is 23.2 Å². The Labute approximate surface area is 167 Å². The van der Waals surface area contributed by atoms with Crippen LogP contribution in [0.25, 0.3) is 17.3 Å². The van der Waals surface area contributed by atoms with Gasteiger partial charge in [0.05, 0.1) is 16.9 Å². The Balaban J connectivity index is 1.90. The lowest BCUT2D eigenvalue weighted by atomic mass is 10.1. The number of hydrogen-bond acceptors (Lipinski definition) is 4. The molecule has 1 aliphatic rings. The molecule has 2 aromatic carbocycles. The summed E-state index contributed by atoms with van der Waals surface area (Å²) >= 11 is 5.07. The minimum atomic E-state index is -4.56. The molecule has 0 bridgehead atoms. The molecular weight excluding hydrogens is 403 g/mol. The number of alkyl halides is 3. The van der Waals surface area contributed by atoms with Crippen LogP contribution in [0.1, 0.15) is 16.7 Å². The first-order valence-corrected chi connectivity index (χ1v) is 8.77. The smallest absolute Gasteiger partial charge is 0.416 e. The Morgan fingerprint density at radius 3 is 2.66 bits per heavy atom. The highest BCUT2D eigenvalue weighted by atomic mass is 32.1. The molecule has 0 spiro atoms. The van der Waals surface area contributed by atoms with E-state index in [1.54, 1.807) is 18.3 Å². The highest BCUT2D eigenvalue weighted by Gasteiger charge is 2.30. The van der Waals surface area contributed by atoms with Crippen LogP contribution < -0.4 is 5.56 Å². The van der Waals surface area contributed by atoms with Crippen LogP contribution in [0.3, 0.4) is 0 Å². The predicted molar refractivity (Wildman–Crippen MR) is 106 cm³/mol. The van der Waals surface area contributed by atoms with Gasteiger partial charge in [-0.3, -0.25) is 19.3 Å². The minimum absolute atomic E-state index is 0.0290. The van der Waals surface area contributed by atoms with E-state index in [-0.39, 0.29) is 16.0 Å². The number of rotatable bonds is 2. The van der Waals surface area contributed by atoms with E-state index in [0.29, 0.717) is 11.3 Å². The molecule has 5 nitrogen and oxygen atoms in total. The number of halogens is 3. The lowest BCUT2D eigenvalue weighted by Crippen LogP contribution is -2.16. The minimum Gasteiger partial charge on any atom is -0.494 e. The highest BCUT2D eigenvalue weighted by molar-refractivity contribution is 7.71. The van der Waals surface area contributed by atoms with Gasteiger partial charge in [0.2, 0.25) is 5.88 Å². The molecule has 0 fully saturated rings. The van der Waals surface area contributed by atoms with Gasteiger partial charge in [-0.2, -0.15) is 13.2 Å². The third kappa shape index (κ3) is 3.40. The predicted octanol–water partition coefficient (Wildman–Crippen LogP) is 4.88. The van der Waals surface area contributed by atoms with Gasteiger partial charge >= 0.3 is 6.18 Å². The summed E-state index contributed by atoms with van der Waals surface area (Å²) in [6.07, 6.45) is -1.60. The van der Waals surface area contributed by atoms with Gasteiger partial charge < -0.3 is 5.11 Å². The van der Waals surface area contributed by atoms with Crippen molar-refractivity contribution < 1.29 is 18.3 Å². The van der Waals surface area contributed by atoms with Gasteiger partial charge in [-0.15, -0.1) is 0 Å². The number of hydrogen-bond donors (Lipinski definition) is 2. The van der Waals surface area contributed by atoms with Gasteiger partial charge in [-0.05, 0) is 42.6 Å². The summed E-state index contributed by atoms with van der Waals surface area (Å²) in [6, 6.07) is 11.5.